The van der Waals surface area contributed by atoms with Gasteiger partial charge in [-0.1, -0.05) is 0 Å². The Balaban J connectivity index is 2.14. The summed E-state index contributed by atoms with van der Waals surface area (Å²) in [5, 5.41) is 14.3. The number of amides is 2. The van der Waals surface area contributed by atoms with E-state index in [2.05, 4.69) is 10.6 Å². The minimum atomic E-state index is -0.762. The van der Waals surface area contributed by atoms with E-state index in [0.29, 0.717) is 25.7 Å². The second kappa shape index (κ2) is 8.49. The van der Waals surface area contributed by atoms with E-state index in [1.807, 2.05) is 0 Å². The van der Waals surface area contributed by atoms with Gasteiger partial charge in [0.2, 0.25) is 0 Å². The zero-order valence-corrected chi connectivity index (χ0v) is 12.6. The molecule has 1 saturated carbocycles. The molecule has 3 N–H and O–H groups in total. The number of urea groups is 1. The van der Waals surface area contributed by atoms with Gasteiger partial charge >= 0.3 is 18.0 Å². The first-order valence-corrected chi connectivity index (χ1v) is 7.35. The summed E-state index contributed by atoms with van der Waals surface area (Å²) in [5.74, 6) is -1.40. The molecule has 0 aromatic rings. The van der Waals surface area contributed by atoms with Gasteiger partial charge in [-0.3, -0.25) is 9.59 Å². The Labute approximate surface area is 124 Å². The fourth-order valence-electron chi connectivity index (χ4n) is 2.32. The fourth-order valence-corrected chi connectivity index (χ4v) is 2.32. The van der Waals surface area contributed by atoms with Crippen LogP contribution in [0.25, 0.3) is 0 Å². The van der Waals surface area contributed by atoms with Gasteiger partial charge in [0.1, 0.15) is 0 Å². The average Bonchev–Trinajstić information content (AvgIpc) is 2.38. The van der Waals surface area contributed by atoms with Crippen LogP contribution < -0.4 is 10.6 Å². The number of nitrogens with one attached hydrogen (secondary N) is 2. The molecule has 1 aliphatic rings. The van der Waals surface area contributed by atoms with Crippen molar-refractivity contribution >= 4 is 18.0 Å². The molecule has 120 valence electrons. The van der Waals surface area contributed by atoms with Crippen LogP contribution in [0, 0.1) is 5.92 Å². The number of ether oxygens (including phenoxy) is 1. The average molecular weight is 300 g/mol. The molecule has 0 bridgehead atoms. The molecule has 0 atom stereocenters. The highest BCUT2D eigenvalue weighted by Gasteiger charge is 2.26. The summed E-state index contributed by atoms with van der Waals surface area (Å²) < 4.78 is 4.95. The highest BCUT2D eigenvalue weighted by Crippen LogP contribution is 2.24. The maximum atomic E-state index is 11.6. The molecular weight excluding hydrogens is 276 g/mol. The van der Waals surface area contributed by atoms with Crippen molar-refractivity contribution in [2.24, 2.45) is 5.92 Å². The number of carbonyl (C=O) groups excluding carboxylic acids is 2. The molecule has 2 amide bonds. The Hall–Kier alpha value is -1.79. The highest BCUT2D eigenvalue weighted by molar-refractivity contribution is 5.76. The number of aliphatic carboxylic acids is 1. The van der Waals surface area contributed by atoms with Gasteiger partial charge in [0, 0.05) is 12.6 Å². The van der Waals surface area contributed by atoms with Crippen molar-refractivity contribution in [3.63, 3.8) is 0 Å². The van der Waals surface area contributed by atoms with E-state index in [-0.39, 0.29) is 43.0 Å². The van der Waals surface area contributed by atoms with Crippen LogP contribution in [0.3, 0.4) is 0 Å². The third-order valence-corrected chi connectivity index (χ3v) is 3.39. The van der Waals surface area contributed by atoms with Crippen LogP contribution in [-0.2, 0) is 14.3 Å². The van der Waals surface area contributed by atoms with Crippen molar-refractivity contribution in [1.29, 1.82) is 0 Å². The Morgan fingerprint density at radius 3 is 2.33 bits per heavy atom. The molecule has 0 unspecified atom stereocenters. The summed E-state index contributed by atoms with van der Waals surface area (Å²) in [6.45, 7) is 3.76. The Bertz CT molecular complexity index is 376. The largest absolute Gasteiger partial charge is 0.481 e. The molecule has 0 aromatic heterocycles. The molecule has 1 fully saturated rings. The summed E-state index contributed by atoms with van der Waals surface area (Å²) in [4.78, 5) is 33.7. The van der Waals surface area contributed by atoms with Gasteiger partial charge in [0.15, 0.2) is 0 Å². The van der Waals surface area contributed by atoms with Crippen molar-refractivity contribution in [3.05, 3.63) is 0 Å². The first-order valence-electron chi connectivity index (χ1n) is 7.35. The number of carboxylic acid groups (broad SMARTS) is 1. The SMILES string of the molecule is CC(C)OC(=O)CCNC(=O)NC1CCC(C(=O)O)CC1. The molecule has 1 rings (SSSR count). The second-order valence-electron chi connectivity index (χ2n) is 5.58. The van der Waals surface area contributed by atoms with Gasteiger partial charge < -0.3 is 20.5 Å². The quantitative estimate of drug-likeness (QED) is 0.641. The number of esters is 1. The van der Waals surface area contributed by atoms with E-state index in [9.17, 15) is 14.4 Å². The van der Waals surface area contributed by atoms with E-state index in [1.165, 1.54) is 0 Å². The molecule has 0 saturated heterocycles. The molecule has 21 heavy (non-hydrogen) atoms. The zero-order valence-electron chi connectivity index (χ0n) is 12.6. The van der Waals surface area contributed by atoms with Crippen LogP contribution >= 0.6 is 0 Å². The van der Waals surface area contributed by atoms with Crippen LogP contribution in [0.4, 0.5) is 4.79 Å². The molecule has 0 heterocycles. The lowest BCUT2D eigenvalue weighted by atomic mass is 9.86. The molecule has 7 nitrogen and oxygen atoms in total. The molecule has 0 radical (unpaired) electrons. The molecular formula is C14H24N2O5. The van der Waals surface area contributed by atoms with Crippen LogP contribution in [0.5, 0.6) is 0 Å². The normalized spacial score (nSPS) is 21.7. The fraction of sp³-hybridized carbons (Fsp3) is 0.786. The summed E-state index contributed by atoms with van der Waals surface area (Å²) >= 11 is 0. The predicted octanol–water partition coefficient (Wildman–Crippen LogP) is 1.27. The van der Waals surface area contributed by atoms with Crippen molar-refractivity contribution < 1.29 is 24.2 Å². The lowest BCUT2D eigenvalue weighted by Crippen LogP contribution is -2.44. The first kappa shape index (κ1) is 17.3. The maximum absolute atomic E-state index is 11.6. The van der Waals surface area contributed by atoms with E-state index in [4.69, 9.17) is 9.84 Å². The van der Waals surface area contributed by atoms with Crippen LogP contribution in [0.1, 0.15) is 46.0 Å². The topological polar surface area (TPSA) is 105 Å². The molecule has 7 heteroatoms. The van der Waals surface area contributed by atoms with Crippen LogP contribution in [0.2, 0.25) is 0 Å². The molecule has 0 aliphatic heterocycles. The minimum Gasteiger partial charge on any atom is -0.481 e. The number of carbonyl (C=O) groups is 3. The summed E-state index contributed by atoms with van der Waals surface area (Å²) in [6, 6.07) is -0.325. The molecule has 0 spiro atoms. The Kier molecular flexibility index (Phi) is 6.98. The second-order valence-corrected chi connectivity index (χ2v) is 5.58. The lowest BCUT2D eigenvalue weighted by Gasteiger charge is -2.26. The minimum absolute atomic E-state index is 0.00298. The zero-order chi connectivity index (χ0) is 15.8. The maximum Gasteiger partial charge on any atom is 0.315 e. The summed E-state index contributed by atoms with van der Waals surface area (Å²) in [5.41, 5.74) is 0. The van der Waals surface area contributed by atoms with Gasteiger partial charge in [0.25, 0.3) is 0 Å². The smallest absolute Gasteiger partial charge is 0.315 e. The van der Waals surface area contributed by atoms with Gasteiger partial charge in [-0.15, -0.1) is 0 Å². The number of rotatable bonds is 6. The van der Waals surface area contributed by atoms with E-state index in [0.717, 1.165) is 0 Å². The van der Waals surface area contributed by atoms with Gasteiger partial charge in [-0.05, 0) is 39.5 Å². The standard InChI is InChI=1S/C14H24N2O5/c1-9(2)21-12(17)7-8-15-14(20)16-11-5-3-10(4-6-11)13(18)19/h9-11H,3-8H2,1-2H3,(H,18,19)(H2,15,16,20). The molecule has 1 aliphatic carbocycles. The molecule has 0 aromatic carbocycles. The number of carboxylic acids is 1. The van der Waals surface area contributed by atoms with Crippen molar-refractivity contribution in [2.75, 3.05) is 6.54 Å². The Morgan fingerprint density at radius 1 is 1.19 bits per heavy atom. The predicted molar refractivity (Wildman–Crippen MR) is 75.8 cm³/mol. The van der Waals surface area contributed by atoms with Crippen molar-refractivity contribution in [2.45, 2.75) is 58.1 Å². The number of hydrogen-bond donors (Lipinski definition) is 3. The lowest BCUT2D eigenvalue weighted by molar-refractivity contribution is -0.147. The van der Waals surface area contributed by atoms with E-state index >= 15 is 0 Å². The van der Waals surface area contributed by atoms with E-state index in [1.54, 1.807) is 13.8 Å². The van der Waals surface area contributed by atoms with Gasteiger partial charge in [-0.2, -0.15) is 0 Å². The highest BCUT2D eigenvalue weighted by atomic mass is 16.5. The first-order chi connectivity index (χ1) is 9.88. The monoisotopic (exact) mass is 300 g/mol. The third-order valence-electron chi connectivity index (χ3n) is 3.39. The van der Waals surface area contributed by atoms with Crippen LogP contribution in [-0.4, -0.2) is 41.8 Å². The summed E-state index contributed by atoms with van der Waals surface area (Å²) in [7, 11) is 0. The van der Waals surface area contributed by atoms with Gasteiger partial charge in [0.05, 0.1) is 18.4 Å². The third kappa shape index (κ3) is 6.97. The van der Waals surface area contributed by atoms with Gasteiger partial charge in [-0.25, -0.2) is 4.79 Å². The van der Waals surface area contributed by atoms with E-state index < -0.39 is 5.97 Å². The van der Waals surface area contributed by atoms with Crippen LogP contribution in [0.15, 0.2) is 0 Å². The number of hydrogen-bond acceptors (Lipinski definition) is 4. The van der Waals surface area contributed by atoms with Crippen molar-refractivity contribution in [1.82, 2.24) is 10.6 Å². The summed E-state index contributed by atoms with van der Waals surface area (Å²) in [6.07, 6.45) is 2.48. The Morgan fingerprint density at radius 2 is 1.81 bits per heavy atom. The van der Waals surface area contributed by atoms with Crippen molar-refractivity contribution in [3.8, 4) is 0 Å².